The van der Waals surface area contributed by atoms with Crippen molar-refractivity contribution >= 4 is 5.97 Å². The fourth-order valence-electron chi connectivity index (χ4n) is 7.36. The molecular weight excluding hydrogens is 408 g/mol. The molecule has 2 fully saturated rings. The van der Waals surface area contributed by atoms with Crippen LogP contribution in [0.5, 0.6) is 11.5 Å². The molecule has 1 saturated heterocycles. The van der Waals surface area contributed by atoms with Gasteiger partial charge in [-0.25, -0.2) is 0 Å². The van der Waals surface area contributed by atoms with Crippen molar-refractivity contribution in [2.75, 3.05) is 20.7 Å². The van der Waals surface area contributed by atoms with Crippen LogP contribution in [-0.4, -0.2) is 71.6 Å². The Labute approximate surface area is 190 Å². The lowest BCUT2D eigenvalue weighted by molar-refractivity contribution is -0.204. The van der Waals surface area contributed by atoms with Crippen molar-refractivity contribution < 1.29 is 24.5 Å². The van der Waals surface area contributed by atoms with Gasteiger partial charge in [-0.15, -0.1) is 0 Å². The summed E-state index contributed by atoms with van der Waals surface area (Å²) in [5.41, 5.74) is 1.08. The number of phenolic OH excluding ortho intramolecular Hbond substituents is 1. The van der Waals surface area contributed by atoms with Gasteiger partial charge in [0.05, 0.1) is 11.0 Å². The summed E-state index contributed by atoms with van der Waals surface area (Å²) in [6, 6.07) is 3.16. The third-order valence-electron chi connectivity index (χ3n) is 9.37. The van der Waals surface area contributed by atoms with Crippen LogP contribution in [0.15, 0.2) is 12.1 Å². The van der Waals surface area contributed by atoms with Crippen LogP contribution in [0, 0.1) is 5.41 Å². The zero-order chi connectivity index (χ0) is 23.1. The molecule has 2 aliphatic carbocycles. The number of piperidine rings is 1. The van der Waals surface area contributed by atoms with Crippen LogP contribution in [0.1, 0.15) is 57.6 Å². The second-order valence-electron chi connectivity index (χ2n) is 10.9. The van der Waals surface area contributed by atoms with Crippen LogP contribution >= 0.6 is 0 Å². The maximum Gasteiger partial charge on any atom is 0.321 e. The summed E-state index contributed by atoms with van der Waals surface area (Å²) in [5.74, 6) is -0.0912. The van der Waals surface area contributed by atoms with E-state index in [0.717, 1.165) is 44.2 Å². The van der Waals surface area contributed by atoms with Crippen LogP contribution in [0.4, 0.5) is 0 Å². The van der Waals surface area contributed by atoms with E-state index in [9.17, 15) is 15.0 Å². The van der Waals surface area contributed by atoms with Gasteiger partial charge in [-0.2, -0.15) is 0 Å². The number of aliphatic carboxylic acids is 1. The maximum absolute atomic E-state index is 12.3. The highest BCUT2D eigenvalue weighted by molar-refractivity contribution is 5.74. The van der Waals surface area contributed by atoms with Gasteiger partial charge in [-0.3, -0.25) is 10.1 Å². The molecule has 1 unspecified atom stereocenters. The lowest BCUT2D eigenvalue weighted by atomic mass is 9.48. The minimum absolute atomic E-state index is 0.146. The summed E-state index contributed by atoms with van der Waals surface area (Å²) in [5, 5.41) is 24.3. The van der Waals surface area contributed by atoms with E-state index in [1.165, 1.54) is 5.56 Å². The van der Waals surface area contributed by atoms with Gasteiger partial charge >= 0.3 is 5.97 Å². The molecule has 2 aliphatic heterocycles. The smallest absolute Gasteiger partial charge is 0.321 e. The van der Waals surface area contributed by atoms with Gasteiger partial charge in [0.1, 0.15) is 12.1 Å². The Balaban J connectivity index is 1.64. The fourth-order valence-corrected chi connectivity index (χ4v) is 7.36. The van der Waals surface area contributed by atoms with E-state index in [1.807, 2.05) is 33.9 Å². The SMILES string of the molecule is CCC(C)(C)[C@H](N[C@H]1CC[C@@]2(OC)C3Cc4ccc(O)c5c4[C@@]2(CCN3C)[C@H]1O5)C(=O)O. The zero-order valence-corrected chi connectivity index (χ0v) is 19.8. The molecule has 5 rings (SSSR count). The van der Waals surface area contributed by atoms with Gasteiger partial charge in [-0.05, 0) is 62.7 Å². The average molecular weight is 445 g/mol. The first kappa shape index (κ1) is 22.0. The van der Waals surface area contributed by atoms with Crippen molar-refractivity contribution in [3.63, 3.8) is 0 Å². The lowest BCUT2D eigenvalue weighted by Crippen LogP contribution is -2.78. The predicted octanol–water partition coefficient (Wildman–Crippen LogP) is 2.68. The largest absolute Gasteiger partial charge is 0.504 e. The standard InChI is InChI=1S/C25H36N2O5/c1-6-23(2,3)20(22(29)30)26-15-9-10-25(31-5)17-13-14-7-8-16(28)19-18(14)24(25,21(15)32-19)11-12-27(17)4/h7-8,15,17,20-21,26,28H,6,9-13H2,1-5H3,(H,29,30)/t15-,17?,20+,21-,24-,25+/m0/s1. The second kappa shape index (κ2) is 7.08. The lowest BCUT2D eigenvalue weighted by Gasteiger charge is -2.65. The molecule has 0 radical (unpaired) electrons. The normalized spacial score (nSPS) is 36.3. The molecule has 176 valence electrons. The van der Waals surface area contributed by atoms with E-state index in [-0.39, 0.29) is 23.9 Å². The van der Waals surface area contributed by atoms with E-state index < -0.39 is 28.4 Å². The predicted molar refractivity (Wildman–Crippen MR) is 120 cm³/mol. The molecule has 0 aromatic heterocycles. The molecule has 4 aliphatic rings. The van der Waals surface area contributed by atoms with Crippen molar-refractivity contribution in [1.29, 1.82) is 0 Å². The van der Waals surface area contributed by atoms with E-state index in [0.29, 0.717) is 5.75 Å². The first-order chi connectivity index (χ1) is 15.1. The number of phenols is 1. The number of benzene rings is 1. The number of carboxylic acid groups (broad SMARTS) is 1. The Kier molecular flexibility index (Phi) is 4.87. The van der Waals surface area contributed by atoms with Crippen molar-refractivity contribution in [2.24, 2.45) is 5.41 Å². The third-order valence-corrected chi connectivity index (χ3v) is 9.37. The van der Waals surface area contributed by atoms with Crippen molar-refractivity contribution in [2.45, 2.75) is 88.1 Å². The van der Waals surface area contributed by atoms with Gasteiger partial charge in [0, 0.05) is 24.8 Å². The molecule has 3 N–H and O–H groups in total. The number of methoxy groups -OCH3 is 1. The summed E-state index contributed by atoms with van der Waals surface area (Å²) in [6.45, 7) is 6.95. The minimum atomic E-state index is -0.832. The van der Waals surface area contributed by atoms with Crippen LogP contribution in [-0.2, 0) is 21.4 Å². The summed E-state index contributed by atoms with van der Waals surface area (Å²) in [6.07, 6.45) is 3.77. The summed E-state index contributed by atoms with van der Waals surface area (Å²) in [4.78, 5) is 14.7. The van der Waals surface area contributed by atoms with Gasteiger partial charge in [0.15, 0.2) is 11.5 Å². The molecule has 2 heterocycles. The molecule has 2 bridgehead atoms. The second-order valence-corrected chi connectivity index (χ2v) is 10.9. The van der Waals surface area contributed by atoms with E-state index in [4.69, 9.17) is 9.47 Å². The van der Waals surface area contributed by atoms with Crippen LogP contribution in [0.25, 0.3) is 0 Å². The topological polar surface area (TPSA) is 91.3 Å². The number of hydrogen-bond acceptors (Lipinski definition) is 6. The first-order valence-corrected chi connectivity index (χ1v) is 11.9. The summed E-state index contributed by atoms with van der Waals surface area (Å²) in [7, 11) is 3.98. The Hall–Kier alpha value is -1.83. The number of carbonyl (C=O) groups is 1. The number of nitrogens with one attached hydrogen (secondary N) is 1. The molecule has 7 heteroatoms. The molecule has 7 nitrogen and oxygen atoms in total. The average Bonchev–Trinajstić information content (AvgIpc) is 3.12. The molecular formula is C25H36N2O5. The highest BCUT2D eigenvalue weighted by atomic mass is 16.5. The van der Waals surface area contributed by atoms with E-state index in [2.05, 4.69) is 17.3 Å². The van der Waals surface area contributed by atoms with Crippen molar-refractivity contribution in [3.05, 3.63) is 23.3 Å². The Bertz CT molecular complexity index is 949. The highest BCUT2D eigenvalue weighted by Gasteiger charge is 2.73. The van der Waals surface area contributed by atoms with Gasteiger partial charge < -0.3 is 24.6 Å². The maximum atomic E-state index is 12.3. The number of ether oxygens (including phenoxy) is 2. The van der Waals surface area contributed by atoms with Gasteiger partial charge in [-0.1, -0.05) is 26.8 Å². The number of rotatable bonds is 6. The van der Waals surface area contributed by atoms with Crippen molar-refractivity contribution in [3.8, 4) is 11.5 Å². The number of hydrogen-bond donors (Lipinski definition) is 3. The number of likely N-dealkylation sites (N-methyl/N-ethyl adjacent to an activating group) is 1. The number of carboxylic acids is 1. The van der Waals surface area contributed by atoms with Crippen LogP contribution in [0.3, 0.4) is 0 Å². The molecule has 1 saturated carbocycles. The fraction of sp³-hybridized carbons (Fsp3) is 0.720. The van der Waals surface area contributed by atoms with E-state index >= 15 is 0 Å². The van der Waals surface area contributed by atoms with Crippen LogP contribution in [0.2, 0.25) is 0 Å². The molecule has 1 spiro atoms. The van der Waals surface area contributed by atoms with Crippen LogP contribution < -0.4 is 10.1 Å². The highest BCUT2D eigenvalue weighted by Crippen LogP contribution is 2.66. The molecule has 1 aromatic rings. The Morgan fingerprint density at radius 3 is 2.81 bits per heavy atom. The van der Waals surface area contributed by atoms with Gasteiger partial charge in [0.25, 0.3) is 0 Å². The number of aromatic hydroxyl groups is 1. The summed E-state index contributed by atoms with van der Waals surface area (Å²) >= 11 is 0. The monoisotopic (exact) mass is 444 g/mol. The number of likely N-dealkylation sites (tertiary alicyclic amines) is 1. The quantitative estimate of drug-likeness (QED) is 0.621. The Morgan fingerprint density at radius 1 is 1.41 bits per heavy atom. The molecule has 32 heavy (non-hydrogen) atoms. The summed E-state index contributed by atoms with van der Waals surface area (Å²) < 4.78 is 13.1. The number of nitrogens with zero attached hydrogens (tertiary/aromatic N) is 1. The minimum Gasteiger partial charge on any atom is -0.504 e. The first-order valence-electron chi connectivity index (χ1n) is 11.9. The van der Waals surface area contributed by atoms with Crippen molar-refractivity contribution in [1.82, 2.24) is 10.2 Å². The third kappa shape index (κ3) is 2.56. The van der Waals surface area contributed by atoms with Gasteiger partial charge in [0.2, 0.25) is 0 Å². The molecule has 6 atom stereocenters. The molecule has 0 amide bonds. The van der Waals surface area contributed by atoms with E-state index in [1.54, 1.807) is 6.07 Å². The molecule has 1 aromatic carbocycles. The zero-order valence-electron chi connectivity index (χ0n) is 19.8. The Morgan fingerprint density at radius 2 is 2.16 bits per heavy atom.